The molecule has 0 fully saturated rings. The molecule has 154 valence electrons. The number of ether oxygens (including phenoxy) is 3. The Morgan fingerprint density at radius 2 is 1.83 bits per heavy atom. The van der Waals surface area contributed by atoms with Gasteiger partial charge in [-0.2, -0.15) is 5.26 Å². The summed E-state index contributed by atoms with van der Waals surface area (Å²) < 4.78 is 16.1. The second-order valence-corrected chi connectivity index (χ2v) is 7.65. The first kappa shape index (κ1) is 21.8. The normalized spacial score (nSPS) is 10.4. The summed E-state index contributed by atoms with van der Waals surface area (Å²) in [5.41, 5.74) is 6.97. The number of rotatable bonds is 7. The molecule has 0 saturated carbocycles. The molecule has 0 aliphatic heterocycles. The number of nitrogen functional groups attached to an aromatic ring is 1. The van der Waals surface area contributed by atoms with E-state index in [1.54, 1.807) is 32.4 Å². The summed E-state index contributed by atoms with van der Waals surface area (Å²) in [5.74, 6) is 1.73. The molecule has 3 rings (SSSR count). The number of hydrogen-bond donors (Lipinski definition) is 1. The number of hydrogen-bond acceptors (Lipinski definition) is 8. The van der Waals surface area contributed by atoms with E-state index in [0.717, 1.165) is 4.90 Å². The zero-order chi connectivity index (χ0) is 21.7. The van der Waals surface area contributed by atoms with E-state index < -0.39 is 0 Å². The topological polar surface area (TPSA) is 103 Å². The zero-order valence-electron chi connectivity index (χ0n) is 16.0. The summed E-state index contributed by atoms with van der Waals surface area (Å²) in [5, 5.41) is 9.97. The SMILES string of the molecule is COc1ccc(OC)c(Sc2cc(-c3cc(OCC#N)c(Cl)cc3Cl)nc(N)n2)c1. The lowest BCUT2D eigenvalue weighted by Crippen LogP contribution is -2.00. The molecular weight excluding hydrogens is 447 g/mol. The van der Waals surface area contributed by atoms with E-state index in [-0.39, 0.29) is 17.6 Å². The highest BCUT2D eigenvalue weighted by atomic mass is 35.5. The van der Waals surface area contributed by atoms with E-state index in [1.807, 2.05) is 18.2 Å². The van der Waals surface area contributed by atoms with Crippen LogP contribution in [0.15, 0.2) is 46.3 Å². The highest BCUT2D eigenvalue weighted by molar-refractivity contribution is 7.99. The Bertz CT molecular complexity index is 1120. The van der Waals surface area contributed by atoms with Gasteiger partial charge in [-0.15, -0.1) is 0 Å². The molecule has 1 aromatic heterocycles. The third-order valence-corrected chi connectivity index (χ3v) is 5.46. The number of methoxy groups -OCH3 is 2. The van der Waals surface area contributed by atoms with Crippen molar-refractivity contribution < 1.29 is 14.2 Å². The van der Waals surface area contributed by atoms with Crippen molar-refractivity contribution in [2.45, 2.75) is 9.92 Å². The van der Waals surface area contributed by atoms with Crippen LogP contribution < -0.4 is 19.9 Å². The van der Waals surface area contributed by atoms with E-state index in [2.05, 4.69) is 9.97 Å². The van der Waals surface area contributed by atoms with Gasteiger partial charge in [-0.25, -0.2) is 9.97 Å². The lowest BCUT2D eigenvalue weighted by atomic mass is 10.1. The number of benzene rings is 2. The minimum Gasteiger partial charge on any atom is -0.497 e. The summed E-state index contributed by atoms with van der Waals surface area (Å²) in [6.45, 7) is -0.149. The van der Waals surface area contributed by atoms with Gasteiger partial charge in [0.2, 0.25) is 5.95 Å². The molecule has 0 atom stereocenters. The Labute approximate surface area is 187 Å². The predicted octanol–water partition coefficient (Wildman–Crippen LogP) is 5.10. The van der Waals surface area contributed by atoms with E-state index in [0.29, 0.717) is 38.6 Å². The summed E-state index contributed by atoms with van der Waals surface area (Å²) in [4.78, 5) is 9.37. The maximum atomic E-state index is 8.75. The van der Waals surface area contributed by atoms with Gasteiger partial charge in [0.15, 0.2) is 6.61 Å². The molecule has 0 saturated heterocycles. The first-order valence-corrected chi connectivity index (χ1v) is 10.1. The predicted molar refractivity (Wildman–Crippen MR) is 117 cm³/mol. The standard InChI is InChI=1S/C20H16Cl2N4O3S/c1-27-11-3-4-16(28-2)18(7-11)30-19-10-15(25-20(24)26-19)12-8-17(29-6-5-23)14(22)9-13(12)21/h3-4,7-10H,6H2,1-2H3,(H2,24,25,26). The van der Waals surface area contributed by atoms with Crippen molar-refractivity contribution in [1.29, 1.82) is 5.26 Å². The molecule has 0 spiro atoms. The second-order valence-electron chi connectivity index (χ2n) is 5.78. The maximum absolute atomic E-state index is 8.75. The van der Waals surface area contributed by atoms with Crippen LogP contribution in [0, 0.1) is 11.3 Å². The minimum atomic E-state index is -0.149. The van der Waals surface area contributed by atoms with Gasteiger partial charge in [0, 0.05) is 5.56 Å². The highest BCUT2D eigenvalue weighted by Crippen LogP contribution is 2.40. The molecule has 0 unspecified atom stereocenters. The number of nitrogens with zero attached hydrogens (tertiary/aromatic N) is 3. The van der Waals surface area contributed by atoms with E-state index in [4.69, 9.17) is 48.4 Å². The molecule has 3 aromatic rings. The average molecular weight is 463 g/mol. The van der Waals surface area contributed by atoms with Crippen LogP contribution >= 0.6 is 35.0 Å². The molecule has 1 heterocycles. The van der Waals surface area contributed by atoms with Gasteiger partial charge in [0.05, 0.1) is 34.9 Å². The molecular formula is C20H16Cl2N4O3S. The van der Waals surface area contributed by atoms with Gasteiger partial charge in [0.1, 0.15) is 28.3 Å². The fraction of sp³-hybridized carbons (Fsp3) is 0.150. The van der Waals surface area contributed by atoms with Crippen molar-refractivity contribution >= 4 is 40.9 Å². The molecule has 2 aromatic carbocycles. The van der Waals surface area contributed by atoms with Crippen LogP contribution in [0.25, 0.3) is 11.3 Å². The second kappa shape index (κ2) is 9.76. The average Bonchev–Trinajstić information content (AvgIpc) is 2.72. The van der Waals surface area contributed by atoms with Crippen molar-refractivity contribution in [3.63, 3.8) is 0 Å². The molecule has 0 aliphatic carbocycles. The number of halogens is 2. The van der Waals surface area contributed by atoms with Crippen LogP contribution in [-0.4, -0.2) is 30.8 Å². The van der Waals surface area contributed by atoms with Crippen LogP contribution in [0.5, 0.6) is 17.2 Å². The number of aromatic nitrogens is 2. The maximum Gasteiger partial charge on any atom is 0.221 e. The van der Waals surface area contributed by atoms with Gasteiger partial charge >= 0.3 is 0 Å². The smallest absolute Gasteiger partial charge is 0.221 e. The molecule has 7 nitrogen and oxygen atoms in total. The van der Waals surface area contributed by atoms with Crippen LogP contribution in [0.4, 0.5) is 5.95 Å². The van der Waals surface area contributed by atoms with Crippen molar-refractivity contribution in [2.75, 3.05) is 26.6 Å². The summed E-state index contributed by atoms with van der Waals surface area (Å²) in [6.07, 6.45) is 0. The Morgan fingerprint density at radius 1 is 1.03 bits per heavy atom. The van der Waals surface area contributed by atoms with E-state index >= 15 is 0 Å². The fourth-order valence-corrected chi connectivity index (χ4v) is 4.05. The summed E-state index contributed by atoms with van der Waals surface area (Å²) in [6, 6.07) is 12.2. The first-order valence-electron chi connectivity index (χ1n) is 8.48. The van der Waals surface area contributed by atoms with E-state index in [1.165, 1.54) is 17.8 Å². The molecule has 0 amide bonds. The van der Waals surface area contributed by atoms with Crippen molar-refractivity contribution in [2.24, 2.45) is 0 Å². The van der Waals surface area contributed by atoms with Crippen LogP contribution in [0.2, 0.25) is 10.0 Å². The molecule has 0 aliphatic rings. The third-order valence-electron chi connectivity index (χ3n) is 3.90. The van der Waals surface area contributed by atoms with Gasteiger partial charge in [-0.1, -0.05) is 35.0 Å². The Balaban J connectivity index is 2.02. The molecule has 10 heteroatoms. The zero-order valence-corrected chi connectivity index (χ0v) is 18.3. The minimum absolute atomic E-state index is 0.0716. The van der Waals surface area contributed by atoms with Crippen molar-refractivity contribution in [1.82, 2.24) is 9.97 Å². The fourth-order valence-electron chi connectivity index (χ4n) is 2.56. The molecule has 2 N–H and O–H groups in total. The van der Waals surface area contributed by atoms with Crippen LogP contribution in [0.1, 0.15) is 0 Å². The molecule has 0 radical (unpaired) electrons. The van der Waals surface area contributed by atoms with Gasteiger partial charge in [0.25, 0.3) is 0 Å². The van der Waals surface area contributed by atoms with Crippen molar-refractivity contribution in [3.8, 4) is 34.6 Å². The lowest BCUT2D eigenvalue weighted by molar-refractivity contribution is 0.368. The number of nitrogens with two attached hydrogens (primary N) is 1. The van der Waals surface area contributed by atoms with Crippen LogP contribution in [-0.2, 0) is 0 Å². The number of nitriles is 1. The number of anilines is 1. The first-order chi connectivity index (χ1) is 14.4. The third kappa shape index (κ3) is 5.00. The van der Waals surface area contributed by atoms with Gasteiger partial charge in [-0.05, 0) is 36.4 Å². The summed E-state index contributed by atoms with van der Waals surface area (Å²) >= 11 is 13.9. The highest BCUT2D eigenvalue weighted by Gasteiger charge is 2.15. The van der Waals surface area contributed by atoms with Gasteiger partial charge < -0.3 is 19.9 Å². The van der Waals surface area contributed by atoms with Crippen molar-refractivity contribution in [3.05, 3.63) is 46.4 Å². The largest absolute Gasteiger partial charge is 0.497 e. The Morgan fingerprint density at radius 3 is 2.53 bits per heavy atom. The van der Waals surface area contributed by atoms with E-state index in [9.17, 15) is 0 Å². The Kier molecular flexibility index (Phi) is 7.11. The lowest BCUT2D eigenvalue weighted by Gasteiger charge is -2.12. The quantitative estimate of drug-likeness (QED) is 0.483. The van der Waals surface area contributed by atoms with Crippen LogP contribution in [0.3, 0.4) is 0 Å². The Hall–Kier alpha value is -2.86. The molecule has 0 bridgehead atoms. The van der Waals surface area contributed by atoms with Gasteiger partial charge in [-0.3, -0.25) is 0 Å². The summed E-state index contributed by atoms with van der Waals surface area (Å²) in [7, 11) is 3.17. The monoisotopic (exact) mass is 462 g/mol. The molecule has 30 heavy (non-hydrogen) atoms.